The van der Waals surface area contributed by atoms with Gasteiger partial charge < -0.3 is 20.3 Å². The lowest BCUT2D eigenvalue weighted by Crippen LogP contribution is -2.42. The molecule has 0 spiro atoms. The molecule has 1 amide bonds. The molecule has 0 aliphatic carbocycles. The van der Waals surface area contributed by atoms with Crippen molar-refractivity contribution in [2.75, 3.05) is 12.3 Å². The van der Waals surface area contributed by atoms with Crippen molar-refractivity contribution in [1.82, 2.24) is 5.32 Å². The Bertz CT molecular complexity index is 482. The molecule has 0 radical (unpaired) electrons. The molecule has 1 atom stereocenters. The number of nitrogens with one attached hydrogen (secondary N) is 2. The van der Waals surface area contributed by atoms with Crippen molar-refractivity contribution in [1.29, 1.82) is 0 Å². The molecule has 0 saturated heterocycles. The molecule has 8 heteroatoms. The van der Waals surface area contributed by atoms with Gasteiger partial charge in [0.1, 0.15) is 6.04 Å². The standard InChI is InChI=1S/C12H18B2N2O4/c1-14(19)16-9-5-3-4-8(6-9)7-10(11(17)20-2)15-12(13)18/h3-6,10,16,19H,7,13H2,1-2H3,(H,15,18)/t10-/m0/s1. The molecule has 0 heterocycles. The van der Waals surface area contributed by atoms with Gasteiger partial charge in [-0.05, 0) is 24.5 Å². The first kappa shape index (κ1) is 16.1. The summed E-state index contributed by atoms with van der Waals surface area (Å²) in [6, 6.07) is 6.54. The van der Waals surface area contributed by atoms with Crippen molar-refractivity contribution in [2.45, 2.75) is 19.3 Å². The fourth-order valence-electron chi connectivity index (χ4n) is 1.85. The van der Waals surface area contributed by atoms with Crippen molar-refractivity contribution in [3.05, 3.63) is 29.8 Å². The van der Waals surface area contributed by atoms with Gasteiger partial charge in [0.15, 0.2) is 5.81 Å². The van der Waals surface area contributed by atoms with E-state index in [1.165, 1.54) is 15.0 Å². The molecule has 3 N–H and O–H groups in total. The van der Waals surface area contributed by atoms with E-state index in [0.29, 0.717) is 6.42 Å². The smallest absolute Gasteiger partial charge is 0.406 e. The van der Waals surface area contributed by atoms with Crippen molar-refractivity contribution < 1.29 is 19.3 Å². The summed E-state index contributed by atoms with van der Waals surface area (Å²) in [5.41, 5.74) is 1.59. The first-order chi connectivity index (χ1) is 9.42. The number of esters is 1. The summed E-state index contributed by atoms with van der Waals surface area (Å²) in [5.74, 6) is -0.784. The van der Waals surface area contributed by atoms with Crippen molar-refractivity contribution in [3.8, 4) is 0 Å². The highest BCUT2D eigenvalue weighted by Gasteiger charge is 2.20. The van der Waals surface area contributed by atoms with Crippen LogP contribution in [0.2, 0.25) is 6.82 Å². The zero-order valence-corrected chi connectivity index (χ0v) is 11.8. The lowest BCUT2D eigenvalue weighted by Gasteiger charge is -2.16. The zero-order chi connectivity index (χ0) is 15.1. The van der Waals surface area contributed by atoms with Crippen molar-refractivity contribution in [3.63, 3.8) is 0 Å². The van der Waals surface area contributed by atoms with E-state index in [1.54, 1.807) is 6.82 Å². The highest BCUT2D eigenvalue weighted by Crippen LogP contribution is 2.13. The zero-order valence-electron chi connectivity index (χ0n) is 11.8. The molecule has 1 aromatic carbocycles. The third-order valence-corrected chi connectivity index (χ3v) is 2.61. The molecule has 1 aromatic rings. The highest BCUT2D eigenvalue weighted by atomic mass is 16.5. The predicted octanol–water partition coefficient (Wildman–Crippen LogP) is -0.364. The normalized spacial score (nSPS) is 11.3. The van der Waals surface area contributed by atoms with Crippen LogP contribution < -0.4 is 10.5 Å². The number of hydrogen-bond acceptors (Lipinski definition) is 5. The molecule has 0 saturated carbocycles. The van der Waals surface area contributed by atoms with Gasteiger partial charge in [-0.2, -0.15) is 0 Å². The predicted molar refractivity (Wildman–Crippen MR) is 80.5 cm³/mol. The molecule has 106 valence electrons. The second kappa shape index (κ2) is 7.59. The van der Waals surface area contributed by atoms with Crippen LogP contribution in [-0.2, 0) is 16.0 Å². The van der Waals surface area contributed by atoms with Crippen LogP contribution in [-0.4, -0.2) is 44.8 Å². The number of carbonyl (C=O) groups is 2. The molecule has 20 heavy (non-hydrogen) atoms. The Morgan fingerprint density at radius 2 is 2.20 bits per heavy atom. The largest absolute Gasteiger partial charge is 0.467 e. The van der Waals surface area contributed by atoms with E-state index in [0.717, 1.165) is 11.3 Å². The van der Waals surface area contributed by atoms with Gasteiger partial charge in [0.25, 0.3) is 0 Å². The van der Waals surface area contributed by atoms with Crippen LogP contribution in [0.3, 0.4) is 0 Å². The maximum Gasteiger partial charge on any atom is 0.406 e. The number of anilines is 1. The Labute approximate surface area is 119 Å². The summed E-state index contributed by atoms with van der Waals surface area (Å²) in [7, 11) is 1.96. The Kier molecular flexibility index (Phi) is 6.11. The third kappa shape index (κ3) is 5.36. The summed E-state index contributed by atoms with van der Waals surface area (Å²) in [5, 5.41) is 14.7. The van der Waals surface area contributed by atoms with E-state index in [4.69, 9.17) is 0 Å². The second-order valence-electron chi connectivity index (χ2n) is 4.50. The summed E-state index contributed by atoms with van der Waals surface area (Å²) in [6.45, 7) is 1.61. The maximum atomic E-state index is 11.6. The number of ether oxygens (including phenoxy) is 1. The highest BCUT2D eigenvalue weighted by molar-refractivity contribution is 6.57. The third-order valence-electron chi connectivity index (χ3n) is 2.61. The SMILES string of the molecule is BC(=O)N[C@@H](Cc1cccc(NB(C)O)c1)C(=O)OC. The number of benzene rings is 1. The van der Waals surface area contributed by atoms with E-state index in [1.807, 2.05) is 24.3 Å². The summed E-state index contributed by atoms with van der Waals surface area (Å²) in [4.78, 5) is 22.7. The van der Waals surface area contributed by atoms with E-state index < -0.39 is 19.1 Å². The summed E-state index contributed by atoms with van der Waals surface area (Å²) >= 11 is 0. The molecule has 0 bridgehead atoms. The van der Waals surface area contributed by atoms with Crippen LogP contribution in [0.5, 0.6) is 0 Å². The van der Waals surface area contributed by atoms with Crippen LogP contribution in [0.4, 0.5) is 10.5 Å². The number of carbonyl (C=O) groups excluding carboxylic acids is 2. The van der Waals surface area contributed by atoms with Gasteiger partial charge in [0.2, 0.25) is 7.85 Å². The van der Waals surface area contributed by atoms with Crippen LogP contribution in [0.25, 0.3) is 0 Å². The second-order valence-corrected chi connectivity index (χ2v) is 4.50. The number of amides is 1. The number of methoxy groups -OCH3 is 1. The molecule has 0 unspecified atom stereocenters. The minimum absolute atomic E-state index is 0.293. The quantitative estimate of drug-likeness (QED) is 0.487. The van der Waals surface area contributed by atoms with Gasteiger partial charge in [0, 0.05) is 12.1 Å². The van der Waals surface area contributed by atoms with Gasteiger partial charge in [-0.3, -0.25) is 4.79 Å². The lowest BCUT2D eigenvalue weighted by atomic mass is 9.88. The summed E-state index contributed by atoms with van der Waals surface area (Å²) < 4.78 is 4.67. The Morgan fingerprint density at radius 1 is 1.50 bits per heavy atom. The van der Waals surface area contributed by atoms with E-state index in [-0.39, 0.29) is 5.81 Å². The molecule has 0 aromatic heterocycles. The van der Waals surface area contributed by atoms with Crippen LogP contribution in [0.1, 0.15) is 5.56 Å². The molecular weight excluding hydrogens is 258 g/mol. The first-order valence-electron chi connectivity index (χ1n) is 6.31. The Balaban J connectivity index is 2.82. The molecule has 0 aliphatic heterocycles. The maximum absolute atomic E-state index is 11.6. The first-order valence-corrected chi connectivity index (χ1v) is 6.31. The van der Waals surface area contributed by atoms with E-state index in [2.05, 4.69) is 15.3 Å². The fraction of sp³-hybridized carbons (Fsp3) is 0.333. The average Bonchev–Trinajstić information content (AvgIpc) is 2.36. The minimum atomic E-state index is -0.723. The van der Waals surface area contributed by atoms with Gasteiger partial charge in [-0.25, -0.2) is 4.79 Å². The minimum Gasteiger partial charge on any atom is -0.467 e. The monoisotopic (exact) mass is 276 g/mol. The Morgan fingerprint density at radius 3 is 2.75 bits per heavy atom. The van der Waals surface area contributed by atoms with E-state index in [9.17, 15) is 14.6 Å². The van der Waals surface area contributed by atoms with Crippen LogP contribution in [0.15, 0.2) is 24.3 Å². The van der Waals surface area contributed by atoms with Gasteiger partial charge in [-0.1, -0.05) is 12.1 Å². The molecule has 1 rings (SSSR count). The molecular formula is C12H18B2N2O4. The topological polar surface area (TPSA) is 87.7 Å². The molecule has 0 aliphatic rings. The van der Waals surface area contributed by atoms with Gasteiger partial charge in [-0.15, -0.1) is 0 Å². The lowest BCUT2D eigenvalue weighted by molar-refractivity contribution is -0.142. The number of hydrogen-bond donors (Lipinski definition) is 3. The molecule has 0 fully saturated rings. The van der Waals surface area contributed by atoms with Gasteiger partial charge >= 0.3 is 13.0 Å². The van der Waals surface area contributed by atoms with Gasteiger partial charge in [0.05, 0.1) is 7.11 Å². The number of rotatable bonds is 6. The van der Waals surface area contributed by atoms with Crippen molar-refractivity contribution in [2.24, 2.45) is 0 Å². The van der Waals surface area contributed by atoms with Crippen LogP contribution >= 0.6 is 0 Å². The van der Waals surface area contributed by atoms with Crippen LogP contribution in [0, 0.1) is 0 Å². The summed E-state index contributed by atoms with van der Waals surface area (Å²) in [6.07, 6.45) is 0.321. The van der Waals surface area contributed by atoms with Crippen molar-refractivity contribution >= 4 is 32.4 Å². The Hall–Kier alpha value is -1.95. The fourth-order valence-corrected chi connectivity index (χ4v) is 1.85. The average molecular weight is 276 g/mol. The van der Waals surface area contributed by atoms with E-state index >= 15 is 0 Å². The molecule has 6 nitrogen and oxygen atoms in total.